The van der Waals surface area contributed by atoms with Gasteiger partial charge in [0.05, 0.1) is 11.0 Å². The minimum atomic E-state index is 0.640. The van der Waals surface area contributed by atoms with E-state index in [0.717, 1.165) is 11.0 Å². The highest BCUT2D eigenvalue weighted by molar-refractivity contribution is 6.13. The molecule has 0 spiro atoms. The second-order valence-electron chi connectivity index (χ2n) is 5.51. The van der Waals surface area contributed by atoms with Gasteiger partial charge in [-0.05, 0) is 29.0 Å². The Kier molecular flexibility index (Phi) is 2.46. The molecule has 0 aliphatic heterocycles. The fourth-order valence-electron chi connectivity index (χ4n) is 3.22. The van der Waals surface area contributed by atoms with Gasteiger partial charge >= 0.3 is 0 Å². The van der Waals surface area contributed by atoms with Crippen LogP contribution in [0.2, 0.25) is 0 Å². The third-order valence-electron chi connectivity index (χ3n) is 4.22. The molecule has 0 saturated carbocycles. The van der Waals surface area contributed by atoms with Crippen LogP contribution in [-0.4, -0.2) is 19.5 Å². The molecule has 23 heavy (non-hydrogen) atoms. The molecular formula is C19H12N4. The molecule has 0 saturated heterocycles. The summed E-state index contributed by atoms with van der Waals surface area (Å²) in [6.07, 6.45) is 3.06. The lowest BCUT2D eigenvalue weighted by Crippen LogP contribution is -2.00. The van der Waals surface area contributed by atoms with E-state index in [4.69, 9.17) is 0 Å². The van der Waals surface area contributed by atoms with Gasteiger partial charge in [-0.15, -0.1) is 0 Å². The number of aromatic nitrogens is 4. The SMILES string of the molecule is c1ccc2cc3c(cc2c1)c1ccccc1n3-c1ncncn1. The van der Waals surface area contributed by atoms with Crippen LogP contribution in [0.5, 0.6) is 0 Å². The van der Waals surface area contributed by atoms with E-state index in [0.29, 0.717) is 5.95 Å². The van der Waals surface area contributed by atoms with E-state index in [-0.39, 0.29) is 0 Å². The zero-order valence-electron chi connectivity index (χ0n) is 12.2. The van der Waals surface area contributed by atoms with E-state index >= 15 is 0 Å². The summed E-state index contributed by atoms with van der Waals surface area (Å²) in [6, 6.07) is 21.2. The van der Waals surface area contributed by atoms with E-state index in [9.17, 15) is 0 Å². The van der Waals surface area contributed by atoms with Crippen molar-refractivity contribution in [1.82, 2.24) is 19.5 Å². The molecule has 5 aromatic rings. The Bertz CT molecular complexity index is 1160. The van der Waals surface area contributed by atoms with E-state index in [1.165, 1.54) is 34.2 Å². The van der Waals surface area contributed by atoms with Gasteiger partial charge in [-0.3, -0.25) is 4.57 Å². The summed E-state index contributed by atoms with van der Waals surface area (Å²) in [6.45, 7) is 0. The lowest BCUT2D eigenvalue weighted by molar-refractivity contribution is 0.940. The number of rotatable bonds is 1. The largest absolute Gasteiger partial charge is 0.278 e. The van der Waals surface area contributed by atoms with Crippen molar-refractivity contribution >= 4 is 32.6 Å². The Morgan fingerprint density at radius 2 is 1.35 bits per heavy atom. The average molecular weight is 296 g/mol. The summed E-state index contributed by atoms with van der Waals surface area (Å²) in [4.78, 5) is 12.6. The predicted octanol–water partition coefficient (Wildman–Crippen LogP) is 4.12. The molecule has 0 bridgehead atoms. The van der Waals surface area contributed by atoms with Gasteiger partial charge in [0.15, 0.2) is 0 Å². The zero-order valence-corrected chi connectivity index (χ0v) is 12.2. The number of fused-ring (bicyclic) bond motifs is 4. The van der Waals surface area contributed by atoms with E-state index in [1.807, 2.05) is 6.07 Å². The van der Waals surface area contributed by atoms with Gasteiger partial charge in [0, 0.05) is 10.8 Å². The topological polar surface area (TPSA) is 43.6 Å². The van der Waals surface area contributed by atoms with E-state index in [1.54, 1.807) is 0 Å². The van der Waals surface area contributed by atoms with Crippen molar-refractivity contribution in [3.05, 3.63) is 73.3 Å². The Balaban J connectivity index is 2.03. The van der Waals surface area contributed by atoms with Crippen molar-refractivity contribution in [2.45, 2.75) is 0 Å². The lowest BCUT2D eigenvalue weighted by Gasteiger charge is -2.05. The number of nitrogens with zero attached hydrogens (tertiary/aromatic N) is 4. The first kappa shape index (κ1) is 12.3. The normalized spacial score (nSPS) is 11.5. The molecule has 0 N–H and O–H groups in total. The minimum absolute atomic E-state index is 0.640. The van der Waals surface area contributed by atoms with Gasteiger partial charge < -0.3 is 0 Å². The summed E-state index contributed by atoms with van der Waals surface area (Å²) >= 11 is 0. The monoisotopic (exact) mass is 296 g/mol. The molecule has 0 radical (unpaired) electrons. The maximum absolute atomic E-state index is 4.34. The molecule has 0 amide bonds. The van der Waals surface area contributed by atoms with Crippen LogP contribution in [-0.2, 0) is 0 Å². The van der Waals surface area contributed by atoms with Gasteiger partial charge in [0.2, 0.25) is 5.95 Å². The smallest absolute Gasteiger partial charge is 0.237 e. The highest BCUT2D eigenvalue weighted by atomic mass is 15.2. The summed E-state index contributed by atoms with van der Waals surface area (Å²) in [5.74, 6) is 0.640. The van der Waals surface area contributed by atoms with Gasteiger partial charge in [-0.1, -0.05) is 42.5 Å². The van der Waals surface area contributed by atoms with Crippen molar-refractivity contribution in [2.75, 3.05) is 0 Å². The fraction of sp³-hybridized carbons (Fsp3) is 0. The van der Waals surface area contributed by atoms with E-state index in [2.05, 4.69) is 74.1 Å². The zero-order chi connectivity index (χ0) is 15.2. The van der Waals surface area contributed by atoms with Crippen LogP contribution in [0.15, 0.2) is 73.3 Å². The second-order valence-corrected chi connectivity index (χ2v) is 5.51. The molecule has 2 aromatic heterocycles. The highest BCUT2D eigenvalue weighted by Gasteiger charge is 2.14. The first-order valence-corrected chi connectivity index (χ1v) is 7.46. The molecule has 0 atom stereocenters. The van der Waals surface area contributed by atoms with Gasteiger partial charge in [-0.25, -0.2) is 15.0 Å². The maximum atomic E-state index is 4.34. The number of para-hydroxylation sites is 1. The molecule has 0 aliphatic carbocycles. The van der Waals surface area contributed by atoms with Gasteiger partial charge in [0.25, 0.3) is 0 Å². The van der Waals surface area contributed by atoms with Crippen LogP contribution in [0.1, 0.15) is 0 Å². The molecule has 0 fully saturated rings. The van der Waals surface area contributed by atoms with Crippen molar-refractivity contribution in [1.29, 1.82) is 0 Å². The summed E-state index contributed by atoms with van der Waals surface area (Å²) in [7, 11) is 0. The summed E-state index contributed by atoms with van der Waals surface area (Å²) in [5, 5.41) is 4.85. The fourth-order valence-corrected chi connectivity index (χ4v) is 3.22. The first-order valence-electron chi connectivity index (χ1n) is 7.46. The lowest BCUT2D eigenvalue weighted by atomic mass is 10.1. The molecule has 108 valence electrons. The molecule has 3 aromatic carbocycles. The van der Waals surface area contributed by atoms with Crippen molar-refractivity contribution in [3.63, 3.8) is 0 Å². The Hall–Kier alpha value is -3.27. The van der Waals surface area contributed by atoms with Crippen molar-refractivity contribution in [2.24, 2.45) is 0 Å². The maximum Gasteiger partial charge on any atom is 0.237 e. The quantitative estimate of drug-likeness (QED) is 0.467. The van der Waals surface area contributed by atoms with Crippen LogP contribution < -0.4 is 0 Å². The van der Waals surface area contributed by atoms with Crippen LogP contribution in [0.3, 0.4) is 0 Å². The predicted molar refractivity (Wildman–Crippen MR) is 91.7 cm³/mol. The highest BCUT2D eigenvalue weighted by Crippen LogP contribution is 2.33. The molecular weight excluding hydrogens is 284 g/mol. The number of hydrogen-bond donors (Lipinski definition) is 0. The average Bonchev–Trinajstić information content (AvgIpc) is 2.94. The summed E-state index contributed by atoms with van der Waals surface area (Å²) in [5.41, 5.74) is 2.21. The molecule has 0 unspecified atom stereocenters. The molecule has 2 heterocycles. The van der Waals surface area contributed by atoms with Crippen LogP contribution in [0, 0.1) is 0 Å². The third-order valence-corrected chi connectivity index (χ3v) is 4.22. The number of hydrogen-bond acceptors (Lipinski definition) is 3. The Morgan fingerprint density at radius 1 is 0.652 bits per heavy atom. The molecule has 4 heteroatoms. The molecule has 4 nitrogen and oxygen atoms in total. The van der Waals surface area contributed by atoms with Crippen molar-refractivity contribution < 1.29 is 0 Å². The standard InChI is InChI=1S/C19H12N4/c1-2-6-14-10-18-16(9-13(14)5-1)15-7-3-4-8-17(15)23(18)19-21-11-20-12-22-19/h1-12H. The summed E-state index contributed by atoms with van der Waals surface area (Å²) < 4.78 is 2.10. The molecule has 0 aliphatic rings. The van der Waals surface area contributed by atoms with Gasteiger partial charge in [0.1, 0.15) is 12.7 Å². The van der Waals surface area contributed by atoms with Gasteiger partial charge in [-0.2, -0.15) is 0 Å². The second kappa shape index (κ2) is 4.61. The van der Waals surface area contributed by atoms with E-state index < -0.39 is 0 Å². The van der Waals surface area contributed by atoms with Crippen molar-refractivity contribution in [3.8, 4) is 5.95 Å². The third kappa shape index (κ3) is 1.75. The Morgan fingerprint density at radius 3 is 2.17 bits per heavy atom. The minimum Gasteiger partial charge on any atom is -0.278 e. The Labute approximate surface area is 132 Å². The van der Waals surface area contributed by atoms with Crippen LogP contribution in [0.4, 0.5) is 0 Å². The first-order chi connectivity index (χ1) is 11.4. The molecule has 5 rings (SSSR count). The van der Waals surface area contributed by atoms with Crippen LogP contribution >= 0.6 is 0 Å². The van der Waals surface area contributed by atoms with Crippen LogP contribution in [0.25, 0.3) is 38.5 Å². The number of benzene rings is 3.